The quantitative estimate of drug-likeness (QED) is 0.484. The third-order valence-electron chi connectivity index (χ3n) is 6.51. The van der Waals surface area contributed by atoms with Crippen LogP contribution in [0.25, 0.3) is 0 Å². The summed E-state index contributed by atoms with van der Waals surface area (Å²) in [5, 5.41) is 27.7. The van der Waals surface area contributed by atoms with E-state index in [-0.39, 0.29) is 23.3 Å². The van der Waals surface area contributed by atoms with Gasteiger partial charge >= 0.3 is 0 Å². The number of halogens is 1. The molecule has 1 fully saturated rings. The smallest absolute Gasteiger partial charge is 0.257 e. The van der Waals surface area contributed by atoms with Gasteiger partial charge in [0.15, 0.2) is 0 Å². The number of fused-ring (bicyclic) bond motifs is 1. The van der Waals surface area contributed by atoms with E-state index < -0.39 is 0 Å². The molecule has 0 atom stereocenters. The first-order valence-electron chi connectivity index (χ1n) is 11.1. The van der Waals surface area contributed by atoms with E-state index >= 15 is 0 Å². The number of nitrogens with one attached hydrogen (secondary N) is 2. The molecule has 0 radical (unpaired) electrons. The summed E-state index contributed by atoms with van der Waals surface area (Å²) in [5.41, 5.74) is 3.17. The van der Waals surface area contributed by atoms with Crippen molar-refractivity contribution >= 4 is 29.1 Å². The van der Waals surface area contributed by atoms with E-state index in [1.54, 1.807) is 30.1 Å². The maximum atomic E-state index is 13.1. The van der Waals surface area contributed by atoms with Crippen LogP contribution in [0.2, 0.25) is 5.02 Å². The van der Waals surface area contributed by atoms with Crippen molar-refractivity contribution in [2.24, 2.45) is 0 Å². The van der Waals surface area contributed by atoms with Gasteiger partial charge in [-0.15, -0.1) is 0 Å². The number of benzene rings is 2. The number of H-pyrrole nitrogens is 1. The lowest BCUT2D eigenvalue weighted by molar-refractivity contribution is 0.0732. The molecule has 3 aromatic rings. The Labute approximate surface area is 196 Å². The number of ether oxygens (including phenoxy) is 1. The first-order valence-corrected chi connectivity index (χ1v) is 11.5. The van der Waals surface area contributed by atoms with E-state index in [1.165, 1.54) is 6.07 Å². The van der Waals surface area contributed by atoms with Crippen molar-refractivity contribution in [3.05, 3.63) is 46.0 Å². The second kappa shape index (κ2) is 8.90. The number of aromatic amines is 1. The molecule has 1 aromatic heterocycles. The van der Waals surface area contributed by atoms with E-state index in [4.69, 9.17) is 16.3 Å². The highest BCUT2D eigenvalue weighted by Crippen LogP contribution is 2.44. The average molecular weight is 469 g/mol. The van der Waals surface area contributed by atoms with Gasteiger partial charge in [0.05, 0.1) is 10.6 Å². The number of nitrogens with zero attached hydrogens (tertiary/aromatic N) is 4. The second-order valence-corrected chi connectivity index (χ2v) is 8.96. The van der Waals surface area contributed by atoms with Crippen LogP contribution >= 0.6 is 11.6 Å². The highest BCUT2D eigenvalue weighted by Gasteiger charge is 2.27. The molecule has 1 amide bonds. The number of amides is 1. The van der Waals surface area contributed by atoms with Crippen LogP contribution in [0, 0.1) is 0 Å². The maximum absolute atomic E-state index is 13.1. The number of aromatic nitrogens is 4. The number of tetrazole rings is 1. The van der Waals surface area contributed by atoms with E-state index in [2.05, 4.69) is 25.9 Å². The average Bonchev–Trinajstić information content (AvgIpc) is 3.59. The zero-order valence-electron chi connectivity index (χ0n) is 18.3. The molecule has 33 heavy (non-hydrogen) atoms. The maximum Gasteiger partial charge on any atom is 0.257 e. The Morgan fingerprint density at radius 2 is 2.00 bits per heavy atom. The molecule has 2 aliphatic carbocycles. The number of hydrogen-bond acceptors (Lipinski definition) is 7. The zero-order chi connectivity index (χ0) is 22.9. The van der Waals surface area contributed by atoms with Gasteiger partial charge in [0.2, 0.25) is 5.95 Å². The molecule has 2 aromatic carbocycles. The minimum atomic E-state index is -0.207. The van der Waals surface area contributed by atoms with Crippen molar-refractivity contribution in [3.63, 3.8) is 0 Å². The van der Waals surface area contributed by atoms with Gasteiger partial charge in [0.1, 0.15) is 17.2 Å². The monoisotopic (exact) mass is 468 g/mol. The minimum absolute atomic E-state index is 0.0614. The van der Waals surface area contributed by atoms with Gasteiger partial charge in [-0.25, -0.2) is 5.10 Å². The van der Waals surface area contributed by atoms with E-state index in [0.29, 0.717) is 22.5 Å². The number of phenolic OH excluding ortho intramolecular Hbond substituents is 1. The van der Waals surface area contributed by atoms with Crippen LogP contribution in [-0.4, -0.2) is 49.6 Å². The van der Waals surface area contributed by atoms with Crippen molar-refractivity contribution in [2.75, 3.05) is 12.4 Å². The third kappa shape index (κ3) is 4.20. The Morgan fingerprint density at radius 3 is 2.76 bits per heavy atom. The van der Waals surface area contributed by atoms with Crippen LogP contribution in [0.4, 0.5) is 11.6 Å². The van der Waals surface area contributed by atoms with Crippen molar-refractivity contribution in [1.29, 1.82) is 0 Å². The van der Waals surface area contributed by atoms with E-state index in [1.807, 2.05) is 0 Å². The molecule has 5 rings (SSSR count). The molecule has 1 saturated carbocycles. The highest BCUT2D eigenvalue weighted by molar-refractivity contribution is 6.32. The molecule has 1 heterocycles. The van der Waals surface area contributed by atoms with E-state index in [9.17, 15) is 9.90 Å². The highest BCUT2D eigenvalue weighted by atomic mass is 35.5. The molecular weight excluding hydrogens is 444 g/mol. The molecule has 3 N–H and O–H groups in total. The number of rotatable bonds is 6. The number of anilines is 2. The summed E-state index contributed by atoms with van der Waals surface area (Å²) < 4.78 is 6.20. The van der Waals surface area contributed by atoms with Crippen LogP contribution in [0.5, 0.6) is 17.2 Å². The van der Waals surface area contributed by atoms with Crippen molar-refractivity contribution in [2.45, 2.75) is 51.0 Å². The predicted octanol–water partition coefficient (Wildman–Crippen LogP) is 4.60. The first kappa shape index (κ1) is 21.5. The summed E-state index contributed by atoms with van der Waals surface area (Å²) in [7, 11) is 1.80. The lowest BCUT2D eigenvalue weighted by Gasteiger charge is -2.25. The lowest BCUT2D eigenvalue weighted by Crippen LogP contribution is -2.35. The molecule has 0 aliphatic heterocycles. The number of hydrogen-bond donors (Lipinski definition) is 3. The SMILES string of the molecule is CN(C(=O)c1cc(Oc2c(Cl)cc(Nc3nnn[nH]3)c3c2CCC3)ccc1O)C1CCCC1. The summed E-state index contributed by atoms with van der Waals surface area (Å²) in [4.78, 5) is 14.8. The zero-order valence-corrected chi connectivity index (χ0v) is 19.0. The van der Waals surface area contributed by atoms with Gasteiger partial charge in [-0.2, -0.15) is 0 Å². The fraction of sp³-hybridized carbons (Fsp3) is 0.391. The molecule has 0 unspecified atom stereocenters. The Morgan fingerprint density at radius 1 is 1.21 bits per heavy atom. The number of aromatic hydroxyl groups is 1. The topological polar surface area (TPSA) is 116 Å². The summed E-state index contributed by atoms with van der Waals surface area (Å²) in [5.74, 6) is 1.18. The first-order chi connectivity index (χ1) is 16.0. The standard InChI is InChI=1S/C23H25ClN6O3/c1-30(13-5-2-3-6-13)22(32)17-11-14(9-10-20(17)31)33-21-16-8-4-7-15(16)19(12-18(21)24)25-23-26-28-29-27-23/h9-13,31H,2-8H2,1H3,(H2,25,26,27,28,29). The van der Waals surface area contributed by atoms with Gasteiger partial charge in [-0.05, 0) is 72.4 Å². The molecule has 172 valence electrons. The lowest BCUT2D eigenvalue weighted by atomic mass is 10.1. The van der Waals surface area contributed by atoms with Crippen molar-refractivity contribution in [3.8, 4) is 17.2 Å². The van der Waals surface area contributed by atoms with E-state index in [0.717, 1.165) is 61.8 Å². The van der Waals surface area contributed by atoms with Crippen molar-refractivity contribution in [1.82, 2.24) is 25.5 Å². The fourth-order valence-electron chi connectivity index (χ4n) is 4.79. The van der Waals surface area contributed by atoms with Gasteiger partial charge in [0.25, 0.3) is 5.91 Å². The Kier molecular flexibility index (Phi) is 5.80. The predicted molar refractivity (Wildman–Crippen MR) is 123 cm³/mol. The molecule has 10 heteroatoms. The second-order valence-electron chi connectivity index (χ2n) is 8.56. The van der Waals surface area contributed by atoms with Gasteiger partial charge in [-0.1, -0.05) is 29.5 Å². The van der Waals surface area contributed by atoms with Crippen LogP contribution < -0.4 is 10.1 Å². The summed E-state index contributed by atoms with van der Waals surface area (Å²) >= 11 is 6.62. The normalized spacial score (nSPS) is 15.5. The Balaban J connectivity index is 1.43. The summed E-state index contributed by atoms with van der Waals surface area (Å²) in [6.45, 7) is 0. The Bertz CT molecular complexity index is 1180. The molecule has 0 spiro atoms. The van der Waals surface area contributed by atoms with Crippen LogP contribution in [0.3, 0.4) is 0 Å². The number of carbonyl (C=O) groups excluding carboxylic acids is 1. The van der Waals surface area contributed by atoms with Crippen molar-refractivity contribution < 1.29 is 14.6 Å². The minimum Gasteiger partial charge on any atom is -0.507 e. The molecule has 0 saturated heterocycles. The van der Waals surface area contributed by atoms with Crippen LogP contribution in [0.1, 0.15) is 53.6 Å². The largest absolute Gasteiger partial charge is 0.507 e. The van der Waals surface area contributed by atoms with Crippen LogP contribution in [0.15, 0.2) is 24.3 Å². The molecule has 2 aliphatic rings. The van der Waals surface area contributed by atoms with Gasteiger partial charge in [-0.3, -0.25) is 4.79 Å². The number of phenols is 1. The summed E-state index contributed by atoms with van der Waals surface area (Å²) in [6, 6.07) is 6.73. The van der Waals surface area contributed by atoms with Crippen LogP contribution in [-0.2, 0) is 12.8 Å². The van der Waals surface area contributed by atoms with Gasteiger partial charge in [0, 0.05) is 24.3 Å². The van der Waals surface area contributed by atoms with Gasteiger partial charge < -0.3 is 20.1 Å². The molecule has 0 bridgehead atoms. The summed E-state index contributed by atoms with van der Waals surface area (Å²) in [6.07, 6.45) is 6.90. The number of carbonyl (C=O) groups is 1. The third-order valence-corrected chi connectivity index (χ3v) is 6.80. The fourth-order valence-corrected chi connectivity index (χ4v) is 5.05. The Hall–Kier alpha value is -3.33. The molecule has 9 nitrogen and oxygen atoms in total. The molecular formula is C23H25ClN6O3.